The van der Waals surface area contributed by atoms with E-state index in [0.29, 0.717) is 11.5 Å². The Morgan fingerprint density at radius 1 is 1.18 bits per heavy atom. The summed E-state index contributed by atoms with van der Waals surface area (Å²) in [6.45, 7) is 6.72. The molecule has 3 aliphatic rings. The Morgan fingerprint density at radius 2 is 1.93 bits per heavy atom. The third-order valence-corrected chi connectivity index (χ3v) is 7.44. The number of benzene rings is 1. The maximum atomic E-state index is 13.1. The summed E-state index contributed by atoms with van der Waals surface area (Å²) in [5.41, 5.74) is 2.69. The van der Waals surface area contributed by atoms with Crippen LogP contribution < -0.4 is 0 Å². The molecule has 4 unspecified atom stereocenters. The van der Waals surface area contributed by atoms with Gasteiger partial charge in [0, 0.05) is 12.1 Å². The number of rotatable bonds is 5. The van der Waals surface area contributed by atoms with Crippen molar-refractivity contribution in [2.75, 3.05) is 13.1 Å². The van der Waals surface area contributed by atoms with Crippen LogP contribution in [0.2, 0.25) is 0 Å². The maximum absolute atomic E-state index is 13.1. The molecule has 4 heteroatoms. The summed E-state index contributed by atoms with van der Waals surface area (Å²) >= 11 is 0. The van der Waals surface area contributed by atoms with Gasteiger partial charge in [0.05, 0.1) is 5.92 Å². The van der Waals surface area contributed by atoms with Crippen molar-refractivity contribution in [1.82, 2.24) is 4.90 Å². The van der Waals surface area contributed by atoms with Gasteiger partial charge in [-0.05, 0) is 68.5 Å². The smallest absolute Gasteiger partial charge is 0.313 e. The molecule has 2 heterocycles. The minimum Gasteiger partial charge on any atom is -0.461 e. The molecule has 1 aromatic rings. The maximum Gasteiger partial charge on any atom is 0.313 e. The van der Waals surface area contributed by atoms with E-state index in [9.17, 15) is 4.79 Å². The third-order valence-electron chi connectivity index (χ3n) is 7.44. The number of piperidine rings is 1. The predicted octanol–water partition coefficient (Wildman–Crippen LogP) is 5.68. The van der Waals surface area contributed by atoms with E-state index in [-0.39, 0.29) is 42.0 Å². The van der Waals surface area contributed by atoms with Crippen molar-refractivity contribution in [1.29, 1.82) is 0 Å². The van der Waals surface area contributed by atoms with Gasteiger partial charge in [0.15, 0.2) is 0 Å². The number of hydrogen-bond acceptors (Lipinski definition) is 3. The molecule has 28 heavy (non-hydrogen) atoms. The molecule has 3 nitrogen and oxygen atoms in total. The predicted molar refractivity (Wildman–Crippen MR) is 125 cm³/mol. The van der Waals surface area contributed by atoms with Crippen LogP contribution in [0.15, 0.2) is 36.4 Å². The van der Waals surface area contributed by atoms with Crippen LogP contribution >= 0.6 is 24.0 Å². The number of allylic oxidation sites excluding steroid dienone is 1. The van der Waals surface area contributed by atoms with Crippen LogP contribution in [0.4, 0.5) is 0 Å². The number of ether oxygens (including phenoxy) is 1. The fraction of sp³-hybridized carbons (Fsp3) is 0.625. The molecule has 154 valence electrons. The fourth-order valence-electron chi connectivity index (χ4n) is 5.99. The van der Waals surface area contributed by atoms with E-state index in [0.717, 1.165) is 32.2 Å². The highest BCUT2D eigenvalue weighted by Gasteiger charge is 2.51. The molecule has 0 N–H and O–H groups in total. The number of fused-ring (bicyclic) bond motifs is 2. The van der Waals surface area contributed by atoms with Crippen LogP contribution in [0.3, 0.4) is 0 Å². The van der Waals surface area contributed by atoms with Crippen molar-refractivity contribution in [2.24, 2.45) is 11.8 Å². The first kappa shape index (κ1) is 21.8. The molecule has 0 radical (unpaired) electrons. The Kier molecular flexibility index (Phi) is 7.24. The van der Waals surface area contributed by atoms with Crippen molar-refractivity contribution in [3.8, 4) is 0 Å². The summed E-state index contributed by atoms with van der Waals surface area (Å²) in [6, 6.07) is 10.4. The summed E-state index contributed by atoms with van der Waals surface area (Å²) in [6.07, 6.45) is 10.1. The third kappa shape index (κ3) is 3.91. The lowest BCUT2D eigenvalue weighted by atomic mass is 9.74. The average Bonchev–Trinajstić information content (AvgIpc) is 2.90. The minimum atomic E-state index is -0.0992. The Balaban J connectivity index is 0.00000225. The lowest BCUT2D eigenvalue weighted by molar-refractivity contribution is -0.158. The molecule has 0 spiro atoms. The SMILES string of the molecule is CCC1(CC)C2CCN1CC(OC(=O)C1CCCC=C1c1ccccc1)C2.I. The van der Waals surface area contributed by atoms with Crippen LogP contribution in [0.1, 0.15) is 64.4 Å². The van der Waals surface area contributed by atoms with Gasteiger partial charge in [0.1, 0.15) is 6.10 Å². The van der Waals surface area contributed by atoms with Gasteiger partial charge in [-0.15, -0.1) is 24.0 Å². The Bertz CT molecular complexity index is 682. The van der Waals surface area contributed by atoms with E-state index in [4.69, 9.17) is 4.74 Å². The first-order chi connectivity index (χ1) is 13.2. The summed E-state index contributed by atoms with van der Waals surface area (Å²) < 4.78 is 6.12. The second-order valence-corrected chi connectivity index (χ2v) is 8.55. The van der Waals surface area contributed by atoms with E-state index in [2.05, 4.69) is 37.0 Å². The quantitative estimate of drug-likeness (QED) is 0.389. The summed E-state index contributed by atoms with van der Waals surface area (Å²) in [7, 11) is 0. The zero-order chi connectivity index (χ0) is 18.9. The van der Waals surface area contributed by atoms with Crippen LogP contribution in [-0.4, -0.2) is 35.6 Å². The summed E-state index contributed by atoms with van der Waals surface area (Å²) in [5.74, 6) is 0.572. The standard InChI is InChI=1S/C24H33NO2.HI/c1-3-24(4-2)19-14-15-25(24)17-20(16-19)27-23(26)22-13-9-8-12-21(22)18-10-6-5-7-11-18;/h5-7,10-12,19-20,22H,3-4,8-9,13-17H2,1-2H3;1H. The summed E-state index contributed by atoms with van der Waals surface area (Å²) in [4.78, 5) is 15.7. The first-order valence-electron chi connectivity index (χ1n) is 10.9. The van der Waals surface area contributed by atoms with E-state index in [1.54, 1.807) is 0 Å². The number of carbonyl (C=O) groups excluding carboxylic acids is 1. The Hall–Kier alpha value is -0.880. The summed E-state index contributed by atoms with van der Waals surface area (Å²) in [5, 5.41) is 0. The average molecular weight is 495 g/mol. The normalized spacial score (nSPS) is 30.9. The zero-order valence-corrected chi connectivity index (χ0v) is 19.6. The number of hydrogen-bond donors (Lipinski definition) is 0. The van der Waals surface area contributed by atoms with Gasteiger partial charge in [0.2, 0.25) is 0 Å². The zero-order valence-electron chi connectivity index (χ0n) is 17.2. The molecule has 1 aliphatic carbocycles. The number of esters is 1. The van der Waals surface area contributed by atoms with E-state index in [1.165, 1.54) is 36.9 Å². The van der Waals surface area contributed by atoms with Crippen LogP contribution in [0, 0.1) is 11.8 Å². The van der Waals surface area contributed by atoms with Crippen LogP contribution in [0.5, 0.6) is 0 Å². The number of halogens is 1. The number of carbonyl (C=O) groups is 1. The second kappa shape index (κ2) is 9.29. The van der Waals surface area contributed by atoms with E-state index in [1.807, 2.05) is 18.2 Å². The lowest BCUT2D eigenvalue weighted by Gasteiger charge is -2.47. The highest BCUT2D eigenvalue weighted by molar-refractivity contribution is 14.0. The molecular formula is C24H34INO2. The van der Waals surface area contributed by atoms with Gasteiger partial charge in [-0.3, -0.25) is 9.69 Å². The van der Waals surface area contributed by atoms with Crippen molar-refractivity contribution < 1.29 is 9.53 Å². The molecule has 4 atom stereocenters. The van der Waals surface area contributed by atoms with Gasteiger partial charge >= 0.3 is 5.97 Å². The number of nitrogens with zero attached hydrogens (tertiary/aromatic N) is 1. The van der Waals surface area contributed by atoms with Crippen molar-refractivity contribution in [3.05, 3.63) is 42.0 Å². The Morgan fingerprint density at radius 3 is 2.61 bits per heavy atom. The van der Waals surface area contributed by atoms with Crippen LogP contribution in [0.25, 0.3) is 5.57 Å². The van der Waals surface area contributed by atoms with Gasteiger partial charge in [-0.1, -0.05) is 50.3 Å². The molecule has 2 aliphatic heterocycles. The monoisotopic (exact) mass is 495 g/mol. The molecule has 2 bridgehead atoms. The van der Waals surface area contributed by atoms with Gasteiger partial charge in [0.25, 0.3) is 0 Å². The largest absolute Gasteiger partial charge is 0.461 e. The highest BCUT2D eigenvalue weighted by Crippen LogP contribution is 2.47. The molecule has 0 amide bonds. The fourth-order valence-corrected chi connectivity index (χ4v) is 5.99. The van der Waals surface area contributed by atoms with E-state index < -0.39 is 0 Å². The van der Waals surface area contributed by atoms with Gasteiger partial charge in [-0.2, -0.15) is 0 Å². The van der Waals surface area contributed by atoms with Gasteiger partial charge in [-0.25, -0.2) is 0 Å². The molecule has 4 rings (SSSR count). The lowest BCUT2D eigenvalue weighted by Crippen LogP contribution is -2.55. The van der Waals surface area contributed by atoms with Crippen molar-refractivity contribution >= 4 is 35.5 Å². The van der Waals surface area contributed by atoms with Crippen molar-refractivity contribution in [2.45, 2.75) is 70.4 Å². The second-order valence-electron chi connectivity index (χ2n) is 8.55. The topological polar surface area (TPSA) is 29.5 Å². The first-order valence-corrected chi connectivity index (χ1v) is 10.9. The van der Waals surface area contributed by atoms with Crippen LogP contribution in [-0.2, 0) is 9.53 Å². The molecule has 1 aromatic carbocycles. The van der Waals surface area contributed by atoms with Crippen molar-refractivity contribution in [3.63, 3.8) is 0 Å². The molecule has 0 aromatic heterocycles. The molecule has 2 saturated heterocycles. The van der Waals surface area contributed by atoms with E-state index >= 15 is 0 Å². The van der Waals surface area contributed by atoms with Gasteiger partial charge < -0.3 is 4.74 Å². The molecular weight excluding hydrogens is 461 g/mol. The molecule has 2 fully saturated rings. The Labute approximate surface area is 186 Å². The highest BCUT2D eigenvalue weighted by atomic mass is 127. The minimum absolute atomic E-state index is 0. The molecule has 0 saturated carbocycles.